The number of hydrogen-bond acceptors (Lipinski definition) is 3. The van der Waals surface area contributed by atoms with E-state index >= 15 is 0 Å². The number of H-pyrrole nitrogens is 1. The van der Waals surface area contributed by atoms with Crippen LogP contribution in [-0.2, 0) is 6.54 Å². The van der Waals surface area contributed by atoms with Gasteiger partial charge in [0, 0.05) is 18.3 Å². The Bertz CT molecular complexity index is 810. The molecule has 1 fully saturated rings. The Balaban J connectivity index is 0.00000131. The van der Waals surface area contributed by atoms with Crippen molar-refractivity contribution in [2.24, 2.45) is 5.92 Å². The summed E-state index contributed by atoms with van der Waals surface area (Å²) in [7, 11) is 0. The van der Waals surface area contributed by atoms with Crippen molar-refractivity contribution in [3.05, 3.63) is 48.5 Å². The lowest BCUT2D eigenvalue weighted by atomic mass is 9.87. The molecule has 1 aliphatic carbocycles. The molecule has 0 unspecified atom stereocenters. The Morgan fingerprint density at radius 2 is 1.78 bits per heavy atom. The largest absolute Gasteiger partial charge is 0.345 e. The van der Waals surface area contributed by atoms with E-state index in [9.17, 15) is 0 Å². The van der Waals surface area contributed by atoms with Crippen LogP contribution in [-0.4, -0.2) is 21.5 Å². The third-order valence-electron chi connectivity index (χ3n) is 5.34. The van der Waals surface area contributed by atoms with Crippen LogP contribution in [0.1, 0.15) is 44.2 Å². The maximum absolute atomic E-state index is 4.62. The minimum Gasteiger partial charge on any atom is -0.345 e. The van der Waals surface area contributed by atoms with Gasteiger partial charge >= 0.3 is 0 Å². The third-order valence-corrected chi connectivity index (χ3v) is 5.34. The van der Waals surface area contributed by atoms with Crippen LogP contribution in [0.3, 0.4) is 0 Å². The summed E-state index contributed by atoms with van der Waals surface area (Å²) in [6.07, 6.45) is 12.2. The Morgan fingerprint density at radius 3 is 2.56 bits per heavy atom. The molecule has 0 radical (unpaired) electrons. The van der Waals surface area contributed by atoms with E-state index in [4.69, 9.17) is 0 Å². The van der Waals surface area contributed by atoms with Crippen LogP contribution in [0.2, 0.25) is 0 Å². The molecule has 0 aliphatic heterocycles. The summed E-state index contributed by atoms with van der Waals surface area (Å²) in [5, 5.41) is 3.55. The molecule has 1 saturated carbocycles. The summed E-state index contributed by atoms with van der Waals surface area (Å²) in [4.78, 5) is 12.0. The first-order valence-electron chi connectivity index (χ1n) is 9.48. The van der Waals surface area contributed by atoms with Crippen LogP contribution in [0.15, 0.2) is 42.9 Å². The van der Waals surface area contributed by atoms with E-state index in [1.54, 1.807) is 6.33 Å². The fourth-order valence-corrected chi connectivity index (χ4v) is 3.81. The second-order valence-electron chi connectivity index (χ2n) is 7.14. The zero-order chi connectivity index (χ0) is 16.9. The van der Waals surface area contributed by atoms with Gasteiger partial charge in [-0.3, -0.25) is 4.98 Å². The molecule has 0 saturated heterocycles. The van der Waals surface area contributed by atoms with Gasteiger partial charge in [0.25, 0.3) is 0 Å². The van der Waals surface area contributed by atoms with E-state index in [1.807, 2.05) is 12.3 Å². The van der Waals surface area contributed by atoms with Gasteiger partial charge < -0.3 is 10.3 Å². The first-order chi connectivity index (χ1) is 12.4. The Labute approximate surface area is 173 Å². The molecular formula is C21H28Cl2N4. The normalized spacial score (nSPS) is 14.5. The van der Waals surface area contributed by atoms with Gasteiger partial charge in [-0.1, -0.05) is 44.2 Å². The van der Waals surface area contributed by atoms with Gasteiger partial charge in [0.05, 0.1) is 23.1 Å². The number of nitrogens with zero attached hydrogens (tertiary/aromatic N) is 2. The Kier molecular flexibility index (Phi) is 8.55. The lowest BCUT2D eigenvalue weighted by molar-refractivity contribution is 0.333. The van der Waals surface area contributed by atoms with Gasteiger partial charge in [-0.25, -0.2) is 4.98 Å². The summed E-state index contributed by atoms with van der Waals surface area (Å²) in [6, 6.07) is 10.6. The maximum Gasteiger partial charge on any atom is 0.0931 e. The summed E-state index contributed by atoms with van der Waals surface area (Å²) < 4.78 is 0. The van der Waals surface area contributed by atoms with Crippen LogP contribution in [0, 0.1) is 5.92 Å². The molecule has 4 nitrogen and oxygen atoms in total. The standard InChI is InChI=1S/C21H26N4.2ClH/c1-2-4-16(5-3-1)10-11-22-14-19-8-6-18(13-23-19)17-7-9-20-21(12-17)25-15-24-20;;/h6-9,12-13,15-16,22H,1-5,10-11,14H2,(H,24,25);2*1H. The van der Waals surface area contributed by atoms with Crippen LogP contribution >= 0.6 is 24.8 Å². The molecule has 6 heteroatoms. The smallest absolute Gasteiger partial charge is 0.0931 e. The number of pyridine rings is 1. The van der Waals surface area contributed by atoms with Gasteiger partial charge in [0.1, 0.15) is 0 Å². The molecule has 146 valence electrons. The Morgan fingerprint density at radius 1 is 0.963 bits per heavy atom. The van der Waals surface area contributed by atoms with Crippen LogP contribution in [0.25, 0.3) is 22.2 Å². The van der Waals surface area contributed by atoms with Crippen molar-refractivity contribution in [2.75, 3.05) is 6.54 Å². The predicted molar refractivity (Wildman–Crippen MR) is 117 cm³/mol. The van der Waals surface area contributed by atoms with Gasteiger partial charge in [0.2, 0.25) is 0 Å². The predicted octanol–water partition coefficient (Wildman–Crippen LogP) is 5.53. The molecule has 2 aromatic heterocycles. The summed E-state index contributed by atoms with van der Waals surface area (Å²) >= 11 is 0. The highest BCUT2D eigenvalue weighted by molar-refractivity contribution is 5.85. The molecule has 1 aromatic carbocycles. The molecular weight excluding hydrogens is 379 g/mol. The zero-order valence-corrected chi connectivity index (χ0v) is 17.1. The fraction of sp³-hybridized carbons (Fsp3) is 0.429. The number of hydrogen-bond donors (Lipinski definition) is 2. The molecule has 0 amide bonds. The molecule has 27 heavy (non-hydrogen) atoms. The van der Waals surface area contributed by atoms with Gasteiger partial charge in [-0.15, -0.1) is 24.8 Å². The van der Waals surface area contributed by atoms with E-state index < -0.39 is 0 Å². The number of halogens is 2. The number of fused-ring (bicyclic) bond motifs is 1. The molecule has 0 bridgehead atoms. The summed E-state index contributed by atoms with van der Waals surface area (Å²) in [6.45, 7) is 1.96. The highest BCUT2D eigenvalue weighted by Gasteiger charge is 2.12. The minimum atomic E-state index is 0. The van der Waals surface area contributed by atoms with Crippen LogP contribution in [0.4, 0.5) is 0 Å². The second-order valence-corrected chi connectivity index (χ2v) is 7.14. The van der Waals surface area contributed by atoms with E-state index in [1.165, 1.54) is 44.1 Å². The average Bonchev–Trinajstić information content (AvgIpc) is 3.14. The van der Waals surface area contributed by atoms with E-state index in [-0.39, 0.29) is 24.8 Å². The quantitative estimate of drug-likeness (QED) is 0.529. The molecule has 0 spiro atoms. The van der Waals surface area contributed by atoms with Crippen molar-refractivity contribution in [1.29, 1.82) is 0 Å². The molecule has 4 rings (SSSR count). The van der Waals surface area contributed by atoms with Crippen molar-refractivity contribution in [3.63, 3.8) is 0 Å². The molecule has 3 aromatic rings. The molecule has 2 N–H and O–H groups in total. The fourth-order valence-electron chi connectivity index (χ4n) is 3.81. The number of aromatic amines is 1. The first-order valence-corrected chi connectivity index (χ1v) is 9.48. The van der Waals surface area contributed by atoms with E-state index in [0.29, 0.717) is 0 Å². The van der Waals surface area contributed by atoms with Crippen LogP contribution < -0.4 is 5.32 Å². The zero-order valence-electron chi connectivity index (χ0n) is 15.5. The average molecular weight is 407 g/mol. The van der Waals surface area contributed by atoms with Crippen molar-refractivity contribution in [3.8, 4) is 11.1 Å². The number of benzene rings is 1. The van der Waals surface area contributed by atoms with Crippen molar-refractivity contribution in [2.45, 2.75) is 45.1 Å². The first kappa shape index (κ1) is 21.7. The maximum atomic E-state index is 4.62. The van der Waals surface area contributed by atoms with E-state index in [2.05, 4.69) is 44.5 Å². The topological polar surface area (TPSA) is 53.6 Å². The van der Waals surface area contributed by atoms with Gasteiger partial charge in [-0.05, 0) is 42.6 Å². The van der Waals surface area contributed by atoms with Gasteiger partial charge in [-0.2, -0.15) is 0 Å². The highest BCUT2D eigenvalue weighted by atomic mass is 35.5. The summed E-state index contributed by atoms with van der Waals surface area (Å²) in [5.74, 6) is 0.939. The van der Waals surface area contributed by atoms with Crippen molar-refractivity contribution in [1.82, 2.24) is 20.3 Å². The molecule has 1 aliphatic rings. The highest BCUT2D eigenvalue weighted by Crippen LogP contribution is 2.26. The lowest BCUT2D eigenvalue weighted by Crippen LogP contribution is -2.19. The lowest BCUT2D eigenvalue weighted by Gasteiger charge is -2.21. The third kappa shape index (κ3) is 5.68. The number of nitrogens with one attached hydrogen (secondary N) is 2. The van der Waals surface area contributed by atoms with Gasteiger partial charge in [0.15, 0.2) is 0 Å². The van der Waals surface area contributed by atoms with E-state index in [0.717, 1.165) is 41.3 Å². The van der Waals surface area contributed by atoms with Crippen molar-refractivity contribution < 1.29 is 0 Å². The Hall–Kier alpha value is -1.62. The minimum absolute atomic E-state index is 0. The number of aromatic nitrogens is 3. The SMILES string of the molecule is Cl.Cl.c1nc2ccc(-c3ccc(CNCCC4CCCCC4)nc3)cc2[nH]1. The number of rotatable bonds is 6. The van der Waals surface area contributed by atoms with Crippen LogP contribution in [0.5, 0.6) is 0 Å². The molecule has 0 atom stereocenters. The van der Waals surface area contributed by atoms with Crippen molar-refractivity contribution >= 4 is 35.8 Å². The second kappa shape index (κ2) is 10.6. The number of imidazole rings is 1. The monoisotopic (exact) mass is 406 g/mol. The molecule has 2 heterocycles. The summed E-state index contributed by atoms with van der Waals surface area (Å²) in [5.41, 5.74) is 5.47.